The molecule has 2 aliphatic carbocycles. The van der Waals surface area contributed by atoms with Crippen LogP contribution in [0, 0.1) is 24.7 Å². The highest BCUT2D eigenvalue weighted by atomic mass is 16.5. The third kappa shape index (κ3) is 2.18. The minimum absolute atomic E-state index is 0.313. The van der Waals surface area contributed by atoms with Crippen LogP contribution in [0.2, 0.25) is 0 Å². The molecule has 2 bridgehead atoms. The Balaban J connectivity index is 1.87. The molecule has 0 heterocycles. The lowest BCUT2D eigenvalue weighted by Crippen LogP contribution is -2.25. The second-order valence-electron chi connectivity index (χ2n) is 6.22. The first-order valence-electron chi connectivity index (χ1n) is 7.32. The number of aryl methyl sites for hydroxylation is 1. The van der Waals surface area contributed by atoms with Crippen LogP contribution in [0.3, 0.4) is 0 Å². The molecule has 0 spiro atoms. The van der Waals surface area contributed by atoms with Crippen molar-refractivity contribution in [1.82, 2.24) is 0 Å². The summed E-state index contributed by atoms with van der Waals surface area (Å²) in [6.07, 6.45) is 5.96. The van der Waals surface area contributed by atoms with Gasteiger partial charge in [0.15, 0.2) is 0 Å². The van der Waals surface area contributed by atoms with Crippen LogP contribution in [0.25, 0.3) is 0 Å². The van der Waals surface area contributed by atoms with Gasteiger partial charge in [-0.15, -0.1) is 0 Å². The van der Waals surface area contributed by atoms with Gasteiger partial charge in [0.2, 0.25) is 0 Å². The molecule has 2 heteroatoms. The molecule has 2 nitrogen and oxygen atoms in total. The van der Waals surface area contributed by atoms with Crippen molar-refractivity contribution in [2.24, 2.45) is 17.8 Å². The van der Waals surface area contributed by atoms with Crippen LogP contribution >= 0.6 is 0 Å². The van der Waals surface area contributed by atoms with E-state index in [0.717, 1.165) is 18.6 Å². The number of rotatable bonds is 3. The first-order valence-corrected chi connectivity index (χ1v) is 7.32. The predicted octanol–water partition coefficient (Wildman–Crippen LogP) is 3.72. The normalized spacial score (nSPS) is 33.2. The number of carbonyl (C=O) groups is 1. The van der Waals surface area contributed by atoms with Crippen LogP contribution in [0.1, 0.15) is 42.7 Å². The van der Waals surface area contributed by atoms with Crippen LogP contribution in [0.5, 0.6) is 5.75 Å². The van der Waals surface area contributed by atoms with Crippen LogP contribution in [-0.2, 0) is 4.79 Å². The third-order valence-corrected chi connectivity index (χ3v) is 5.13. The average molecular weight is 258 g/mol. The van der Waals surface area contributed by atoms with E-state index in [-0.39, 0.29) is 0 Å². The summed E-state index contributed by atoms with van der Waals surface area (Å²) in [6.45, 7) is 2.11. The number of benzene rings is 1. The molecule has 1 aromatic carbocycles. The molecule has 1 aromatic rings. The Labute approximate surface area is 115 Å². The zero-order valence-electron chi connectivity index (χ0n) is 11.8. The molecule has 2 saturated carbocycles. The molecule has 0 aliphatic heterocycles. The van der Waals surface area contributed by atoms with Gasteiger partial charge < -0.3 is 9.53 Å². The molecular weight excluding hydrogens is 236 g/mol. The maximum absolute atomic E-state index is 11.0. The summed E-state index contributed by atoms with van der Waals surface area (Å²) in [6, 6.07) is 6.61. The standard InChI is InChI=1S/C17H22O2/c1-11-7-13(5-6-16(11)19-2)17-14-3-4-15(17)9-12(8-14)10-18/h5-7,10,12,14-15,17H,3-4,8-9H2,1-2H3. The van der Waals surface area contributed by atoms with E-state index >= 15 is 0 Å². The first kappa shape index (κ1) is 12.7. The molecule has 0 amide bonds. The minimum Gasteiger partial charge on any atom is -0.496 e. The first-order chi connectivity index (χ1) is 9.22. The van der Waals surface area contributed by atoms with Crippen molar-refractivity contribution in [2.45, 2.75) is 38.5 Å². The predicted molar refractivity (Wildman–Crippen MR) is 75.5 cm³/mol. The Morgan fingerprint density at radius 1 is 1.21 bits per heavy atom. The van der Waals surface area contributed by atoms with Gasteiger partial charge in [0.1, 0.15) is 12.0 Å². The van der Waals surface area contributed by atoms with Crippen molar-refractivity contribution < 1.29 is 9.53 Å². The van der Waals surface area contributed by atoms with Gasteiger partial charge in [-0.05, 0) is 67.6 Å². The fraction of sp³-hybridized carbons (Fsp3) is 0.588. The average Bonchev–Trinajstić information content (AvgIpc) is 2.69. The monoisotopic (exact) mass is 258 g/mol. The Hall–Kier alpha value is -1.31. The maximum atomic E-state index is 11.0. The lowest BCUT2D eigenvalue weighted by molar-refractivity contribution is -0.112. The molecule has 19 heavy (non-hydrogen) atoms. The molecule has 2 atom stereocenters. The summed E-state index contributed by atoms with van der Waals surface area (Å²) in [4.78, 5) is 11.0. The van der Waals surface area contributed by atoms with Gasteiger partial charge in [-0.3, -0.25) is 0 Å². The number of aldehydes is 1. The molecule has 2 aliphatic rings. The molecule has 3 rings (SSSR count). The van der Waals surface area contributed by atoms with E-state index in [1.54, 1.807) is 7.11 Å². The van der Waals surface area contributed by atoms with Gasteiger partial charge in [0.25, 0.3) is 0 Å². The number of hydrogen-bond donors (Lipinski definition) is 0. The molecule has 2 fully saturated rings. The SMILES string of the molecule is COc1ccc(C2C3CCC2CC(C=O)C3)cc1C. The quantitative estimate of drug-likeness (QED) is 0.772. The van der Waals surface area contributed by atoms with Crippen molar-refractivity contribution in [3.8, 4) is 5.75 Å². The van der Waals surface area contributed by atoms with Crippen molar-refractivity contribution in [3.63, 3.8) is 0 Å². The van der Waals surface area contributed by atoms with Gasteiger partial charge in [-0.1, -0.05) is 12.1 Å². The largest absolute Gasteiger partial charge is 0.496 e. The van der Waals surface area contributed by atoms with Crippen molar-refractivity contribution in [1.29, 1.82) is 0 Å². The molecule has 0 aromatic heterocycles. The van der Waals surface area contributed by atoms with Crippen molar-refractivity contribution in [2.75, 3.05) is 7.11 Å². The van der Waals surface area contributed by atoms with Crippen LogP contribution in [0.15, 0.2) is 18.2 Å². The smallest absolute Gasteiger partial charge is 0.123 e. The zero-order chi connectivity index (χ0) is 13.4. The summed E-state index contributed by atoms with van der Waals surface area (Å²) < 4.78 is 5.34. The fourth-order valence-electron chi connectivity index (χ4n) is 4.34. The summed E-state index contributed by atoms with van der Waals surface area (Å²) in [5, 5.41) is 0. The van der Waals surface area contributed by atoms with Crippen molar-refractivity contribution >= 4 is 6.29 Å². The highest BCUT2D eigenvalue weighted by molar-refractivity contribution is 5.54. The molecular formula is C17H22O2. The van der Waals surface area contributed by atoms with E-state index in [1.165, 1.54) is 30.3 Å². The van der Waals surface area contributed by atoms with Crippen molar-refractivity contribution in [3.05, 3.63) is 29.3 Å². The summed E-state index contributed by atoms with van der Waals surface area (Å²) in [5.74, 6) is 3.37. The summed E-state index contributed by atoms with van der Waals surface area (Å²) in [7, 11) is 1.72. The number of methoxy groups -OCH3 is 1. The number of ether oxygens (including phenoxy) is 1. The minimum atomic E-state index is 0.313. The van der Waals surface area contributed by atoms with Crippen LogP contribution in [-0.4, -0.2) is 13.4 Å². The van der Waals surface area contributed by atoms with Crippen LogP contribution in [0.4, 0.5) is 0 Å². The molecule has 0 saturated heterocycles. The maximum Gasteiger partial charge on any atom is 0.123 e. The Morgan fingerprint density at radius 3 is 2.42 bits per heavy atom. The van der Waals surface area contributed by atoms with E-state index in [1.807, 2.05) is 0 Å². The third-order valence-electron chi connectivity index (χ3n) is 5.13. The van der Waals surface area contributed by atoms with E-state index < -0.39 is 0 Å². The summed E-state index contributed by atoms with van der Waals surface area (Å²) >= 11 is 0. The topological polar surface area (TPSA) is 26.3 Å². The van der Waals surface area contributed by atoms with Gasteiger partial charge in [0, 0.05) is 5.92 Å². The van der Waals surface area contributed by atoms with Gasteiger partial charge in [0.05, 0.1) is 7.11 Å². The van der Waals surface area contributed by atoms with E-state index in [9.17, 15) is 4.79 Å². The van der Waals surface area contributed by atoms with Crippen LogP contribution < -0.4 is 4.74 Å². The zero-order valence-corrected chi connectivity index (χ0v) is 11.8. The van der Waals surface area contributed by atoms with Gasteiger partial charge in [-0.25, -0.2) is 0 Å². The van der Waals surface area contributed by atoms with Gasteiger partial charge >= 0.3 is 0 Å². The fourth-order valence-corrected chi connectivity index (χ4v) is 4.34. The lowest BCUT2D eigenvalue weighted by Gasteiger charge is -2.33. The van der Waals surface area contributed by atoms with Gasteiger partial charge in [-0.2, -0.15) is 0 Å². The highest BCUT2D eigenvalue weighted by Gasteiger charge is 2.43. The molecule has 0 N–H and O–H groups in total. The summed E-state index contributed by atoms with van der Waals surface area (Å²) in [5.41, 5.74) is 2.67. The Kier molecular flexibility index (Phi) is 3.34. The highest BCUT2D eigenvalue weighted by Crippen LogP contribution is 2.53. The Bertz CT molecular complexity index is 466. The molecule has 0 radical (unpaired) electrons. The second-order valence-corrected chi connectivity index (χ2v) is 6.22. The van der Waals surface area contributed by atoms with E-state index in [2.05, 4.69) is 25.1 Å². The van der Waals surface area contributed by atoms with E-state index in [0.29, 0.717) is 23.7 Å². The second kappa shape index (κ2) is 4.99. The molecule has 2 unspecified atom stereocenters. The Morgan fingerprint density at radius 2 is 1.89 bits per heavy atom. The number of carbonyl (C=O) groups excluding carboxylic acids is 1. The number of hydrogen-bond acceptors (Lipinski definition) is 2. The lowest BCUT2D eigenvalue weighted by atomic mass is 9.70. The number of fused-ring (bicyclic) bond motifs is 2. The van der Waals surface area contributed by atoms with E-state index in [4.69, 9.17) is 4.74 Å². The molecule has 102 valence electrons.